The first-order chi connectivity index (χ1) is 16.4. The number of fused-ring (bicyclic) bond motifs is 1. The zero-order valence-electron chi connectivity index (χ0n) is 18.5. The number of aromatic nitrogens is 2. The molecule has 1 N–H and O–H groups in total. The third kappa shape index (κ3) is 4.34. The number of hydrogen-bond donors (Lipinski definition) is 1. The number of halogens is 1. The van der Waals surface area contributed by atoms with Crippen molar-refractivity contribution in [2.75, 3.05) is 43.5 Å². The molecule has 2 fully saturated rings. The van der Waals surface area contributed by atoms with E-state index >= 15 is 0 Å². The monoisotopic (exact) mass is 498 g/mol. The second-order valence-corrected chi connectivity index (χ2v) is 10.7. The van der Waals surface area contributed by atoms with Gasteiger partial charge in [-0.2, -0.15) is 9.57 Å². The van der Waals surface area contributed by atoms with Crippen LogP contribution < -0.4 is 15.0 Å². The number of hydrogen-bond acceptors (Lipinski definition) is 8. The molecular formula is C23H23ClN6O3S. The van der Waals surface area contributed by atoms with Gasteiger partial charge in [0, 0.05) is 37.2 Å². The van der Waals surface area contributed by atoms with Crippen LogP contribution in [0.2, 0.25) is 5.02 Å². The summed E-state index contributed by atoms with van der Waals surface area (Å²) >= 11 is 6.07. The first kappa shape index (κ1) is 22.7. The van der Waals surface area contributed by atoms with Gasteiger partial charge in [-0.15, -0.1) is 0 Å². The summed E-state index contributed by atoms with van der Waals surface area (Å²) in [6, 6.07) is 12.3. The lowest BCUT2D eigenvalue weighted by Crippen LogP contribution is -2.49. The largest absolute Gasteiger partial charge is 0.495 e. The first-order valence-corrected chi connectivity index (χ1v) is 12.8. The quantitative estimate of drug-likeness (QED) is 0.551. The summed E-state index contributed by atoms with van der Waals surface area (Å²) in [4.78, 5) is 11.7. The highest BCUT2D eigenvalue weighted by molar-refractivity contribution is 7.89. The number of rotatable bonds is 6. The van der Waals surface area contributed by atoms with Crippen molar-refractivity contribution in [3.05, 3.63) is 47.0 Å². The van der Waals surface area contributed by atoms with Crippen LogP contribution >= 0.6 is 11.6 Å². The summed E-state index contributed by atoms with van der Waals surface area (Å²) in [6.07, 6.45) is 2.17. The fraction of sp³-hybridized carbons (Fsp3) is 0.348. The van der Waals surface area contributed by atoms with E-state index < -0.39 is 10.0 Å². The van der Waals surface area contributed by atoms with Gasteiger partial charge in [0.05, 0.1) is 29.8 Å². The van der Waals surface area contributed by atoms with Crippen LogP contribution in [0, 0.1) is 11.3 Å². The minimum Gasteiger partial charge on any atom is -0.495 e. The Bertz CT molecular complexity index is 1400. The maximum Gasteiger partial charge on any atom is 0.246 e. The molecule has 5 rings (SSSR count). The van der Waals surface area contributed by atoms with Gasteiger partial charge in [0.1, 0.15) is 10.6 Å². The summed E-state index contributed by atoms with van der Waals surface area (Å²) in [5.74, 6) is 1.62. The van der Waals surface area contributed by atoms with Crippen LogP contribution in [-0.2, 0) is 10.0 Å². The van der Waals surface area contributed by atoms with Crippen LogP contribution in [-0.4, -0.2) is 62.0 Å². The van der Waals surface area contributed by atoms with E-state index in [4.69, 9.17) is 26.3 Å². The molecule has 9 nitrogen and oxygen atoms in total. The van der Waals surface area contributed by atoms with E-state index in [-0.39, 0.29) is 23.7 Å². The molecule has 3 aromatic rings. The van der Waals surface area contributed by atoms with Crippen molar-refractivity contribution < 1.29 is 13.2 Å². The molecule has 176 valence electrons. The second kappa shape index (κ2) is 8.91. The maximum atomic E-state index is 13.3. The topological polar surface area (TPSA) is 111 Å². The van der Waals surface area contributed by atoms with E-state index in [1.807, 2.05) is 4.90 Å². The molecule has 1 aliphatic heterocycles. The zero-order chi connectivity index (χ0) is 23.9. The number of benzene rings is 2. The first-order valence-electron chi connectivity index (χ1n) is 11.0. The molecule has 2 aliphatic rings. The smallest absolute Gasteiger partial charge is 0.246 e. The van der Waals surface area contributed by atoms with Crippen molar-refractivity contribution in [3.63, 3.8) is 0 Å². The highest BCUT2D eigenvalue weighted by Crippen LogP contribution is 2.33. The van der Waals surface area contributed by atoms with Gasteiger partial charge in [0.2, 0.25) is 10.0 Å². The molecule has 1 aliphatic carbocycles. The Morgan fingerprint density at radius 2 is 1.85 bits per heavy atom. The zero-order valence-corrected chi connectivity index (χ0v) is 20.1. The molecular weight excluding hydrogens is 476 g/mol. The lowest BCUT2D eigenvalue weighted by Gasteiger charge is -2.35. The van der Waals surface area contributed by atoms with Crippen molar-refractivity contribution in [1.29, 1.82) is 5.26 Å². The van der Waals surface area contributed by atoms with Crippen molar-refractivity contribution in [2.45, 2.75) is 23.8 Å². The van der Waals surface area contributed by atoms with Crippen LogP contribution in [0.5, 0.6) is 5.75 Å². The predicted octanol–water partition coefficient (Wildman–Crippen LogP) is 3.25. The fourth-order valence-corrected chi connectivity index (χ4v) is 5.82. The average molecular weight is 499 g/mol. The molecule has 1 saturated heterocycles. The fourth-order valence-electron chi connectivity index (χ4n) is 3.98. The molecule has 1 aromatic heterocycles. The minimum absolute atomic E-state index is 0.0570. The summed E-state index contributed by atoms with van der Waals surface area (Å²) in [5.41, 5.74) is 1.86. The Morgan fingerprint density at radius 3 is 2.53 bits per heavy atom. The highest BCUT2D eigenvalue weighted by atomic mass is 35.5. The summed E-state index contributed by atoms with van der Waals surface area (Å²) in [7, 11) is -2.35. The third-order valence-electron chi connectivity index (χ3n) is 5.97. The van der Waals surface area contributed by atoms with Crippen molar-refractivity contribution in [3.8, 4) is 11.8 Å². The Morgan fingerprint density at radius 1 is 1.09 bits per heavy atom. The van der Waals surface area contributed by atoms with E-state index in [1.54, 1.807) is 30.3 Å². The molecule has 0 atom stereocenters. The molecule has 34 heavy (non-hydrogen) atoms. The van der Waals surface area contributed by atoms with Crippen molar-refractivity contribution in [2.24, 2.45) is 0 Å². The van der Waals surface area contributed by atoms with Gasteiger partial charge in [-0.25, -0.2) is 18.4 Å². The lowest BCUT2D eigenvalue weighted by molar-refractivity contribution is 0.373. The van der Waals surface area contributed by atoms with Crippen molar-refractivity contribution in [1.82, 2.24) is 14.3 Å². The molecule has 1 saturated carbocycles. The normalized spacial score (nSPS) is 16.9. The number of anilines is 2. The van der Waals surface area contributed by atoms with E-state index in [0.29, 0.717) is 52.4 Å². The minimum atomic E-state index is -3.79. The molecule has 0 radical (unpaired) electrons. The van der Waals surface area contributed by atoms with Gasteiger partial charge in [-0.05, 0) is 49.2 Å². The Kier molecular flexibility index (Phi) is 5.93. The molecule has 2 aromatic carbocycles. The molecule has 0 spiro atoms. The number of nitrogens with zero attached hydrogens (tertiary/aromatic N) is 5. The maximum absolute atomic E-state index is 13.3. The van der Waals surface area contributed by atoms with Crippen molar-refractivity contribution >= 4 is 44.3 Å². The molecule has 11 heteroatoms. The molecule has 2 heterocycles. The highest BCUT2D eigenvalue weighted by Gasteiger charge is 2.33. The number of nitrogens with one attached hydrogen (secondary N) is 1. The Balaban J connectivity index is 1.42. The van der Waals surface area contributed by atoms with Gasteiger partial charge < -0.3 is 15.0 Å². The van der Waals surface area contributed by atoms with Gasteiger partial charge >= 0.3 is 0 Å². The molecule has 0 amide bonds. The van der Waals surface area contributed by atoms with Crippen LogP contribution in [0.4, 0.5) is 11.6 Å². The van der Waals surface area contributed by atoms with Gasteiger partial charge in [0.15, 0.2) is 11.6 Å². The molecule has 0 unspecified atom stereocenters. The van der Waals surface area contributed by atoms with Crippen LogP contribution in [0.3, 0.4) is 0 Å². The molecule has 0 bridgehead atoms. The standard InChI is InChI=1S/C23H23ClN6O3S/c1-33-20-7-3-16(24)13-21(20)34(31,32)30-10-8-29(9-11-30)23-22(26-17-4-5-17)27-18-6-2-15(14-25)12-19(18)28-23/h2-3,6-7,12-13,17H,4-5,8-11H2,1H3,(H,26,27). The van der Waals surface area contributed by atoms with Crippen LogP contribution in [0.15, 0.2) is 41.3 Å². The van der Waals surface area contributed by atoms with Crippen LogP contribution in [0.25, 0.3) is 11.0 Å². The van der Waals surface area contributed by atoms with E-state index in [2.05, 4.69) is 11.4 Å². The van der Waals surface area contributed by atoms with Gasteiger partial charge in [-0.1, -0.05) is 11.6 Å². The van der Waals surface area contributed by atoms with Gasteiger partial charge in [-0.3, -0.25) is 0 Å². The average Bonchev–Trinajstić information content (AvgIpc) is 3.67. The third-order valence-corrected chi connectivity index (χ3v) is 8.13. The van der Waals surface area contributed by atoms with Gasteiger partial charge in [0.25, 0.3) is 0 Å². The SMILES string of the molecule is COc1ccc(Cl)cc1S(=O)(=O)N1CCN(c2nc3cc(C#N)ccc3nc2NC2CC2)CC1. The number of ether oxygens (including phenoxy) is 1. The number of sulfonamides is 1. The van der Waals surface area contributed by atoms with Crippen LogP contribution in [0.1, 0.15) is 18.4 Å². The van der Waals surface area contributed by atoms with E-state index in [9.17, 15) is 13.7 Å². The number of nitriles is 1. The number of piperazine rings is 1. The Labute approximate surface area is 203 Å². The summed E-state index contributed by atoms with van der Waals surface area (Å²) in [5, 5.41) is 13.0. The number of methoxy groups -OCH3 is 1. The second-order valence-electron chi connectivity index (χ2n) is 8.32. The Hall–Kier alpha value is -3.13. The summed E-state index contributed by atoms with van der Waals surface area (Å²) < 4.78 is 33.4. The predicted molar refractivity (Wildman–Crippen MR) is 130 cm³/mol. The van der Waals surface area contributed by atoms with E-state index in [1.165, 1.54) is 17.5 Å². The lowest BCUT2D eigenvalue weighted by atomic mass is 10.2. The summed E-state index contributed by atoms with van der Waals surface area (Å²) in [6.45, 7) is 1.44. The van der Waals surface area contributed by atoms with E-state index in [0.717, 1.165) is 12.8 Å².